The highest BCUT2D eigenvalue weighted by atomic mass is 19.3. The average Bonchev–Trinajstić information content (AvgIpc) is 2.48. The number of anilines is 1. The van der Waals surface area contributed by atoms with Gasteiger partial charge in [-0.1, -0.05) is 12.1 Å². The maximum absolute atomic E-state index is 12.3. The van der Waals surface area contributed by atoms with Crippen molar-refractivity contribution in [1.29, 1.82) is 0 Å². The summed E-state index contributed by atoms with van der Waals surface area (Å²) in [5.41, 5.74) is 6.17. The number of hydrogen-bond acceptors (Lipinski definition) is 2. The van der Waals surface area contributed by atoms with Crippen LogP contribution in [0.2, 0.25) is 0 Å². The van der Waals surface area contributed by atoms with Gasteiger partial charge < -0.3 is 5.73 Å². The molecule has 13 heavy (non-hydrogen) atoms. The molecule has 0 aliphatic carbocycles. The number of rotatable bonds is 1. The molecule has 2 aromatic rings. The highest BCUT2D eigenvalue weighted by Crippen LogP contribution is 2.27. The van der Waals surface area contributed by atoms with Gasteiger partial charge in [-0.25, -0.2) is 8.78 Å². The van der Waals surface area contributed by atoms with Gasteiger partial charge in [0.15, 0.2) is 0 Å². The molecule has 0 saturated carbocycles. The van der Waals surface area contributed by atoms with Crippen molar-refractivity contribution < 1.29 is 8.78 Å². The molecule has 5 heteroatoms. The Morgan fingerprint density at radius 1 is 1.38 bits per heavy atom. The fourth-order valence-corrected chi connectivity index (χ4v) is 1.25. The molecular formula is C8H7F2N3. The molecule has 1 heterocycles. The number of hydrogen-bond donors (Lipinski definition) is 2. The first kappa shape index (κ1) is 7.97. The number of nitrogens with zero attached hydrogens (tertiary/aromatic N) is 1. The van der Waals surface area contributed by atoms with E-state index in [1.165, 1.54) is 0 Å². The Morgan fingerprint density at radius 2 is 2.15 bits per heavy atom. The van der Waals surface area contributed by atoms with E-state index in [1.54, 1.807) is 18.2 Å². The van der Waals surface area contributed by atoms with Crippen LogP contribution in [0.5, 0.6) is 0 Å². The van der Waals surface area contributed by atoms with Gasteiger partial charge in [0.25, 0.3) is 6.43 Å². The molecule has 1 aromatic heterocycles. The van der Waals surface area contributed by atoms with Crippen LogP contribution in [-0.2, 0) is 0 Å². The van der Waals surface area contributed by atoms with Crippen LogP contribution in [0.15, 0.2) is 18.2 Å². The minimum absolute atomic E-state index is 0.178. The SMILES string of the molecule is Nc1cccc2c(C(F)F)[nH]nc12. The molecule has 0 unspecified atom stereocenters. The summed E-state index contributed by atoms with van der Waals surface area (Å²) in [5.74, 6) is 0. The molecule has 1 aromatic carbocycles. The third-order valence-corrected chi connectivity index (χ3v) is 1.86. The average molecular weight is 183 g/mol. The second-order valence-electron chi connectivity index (χ2n) is 2.68. The number of halogens is 2. The van der Waals surface area contributed by atoms with Crippen molar-refractivity contribution in [3.8, 4) is 0 Å². The molecule has 68 valence electrons. The number of H-pyrrole nitrogens is 1. The van der Waals surface area contributed by atoms with Gasteiger partial charge in [0.1, 0.15) is 11.2 Å². The molecule has 0 spiro atoms. The standard InChI is InChI=1S/C8H7F2N3/c9-8(10)7-4-2-1-3-5(11)6(4)12-13-7/h1-3,8H,11H2,(H,12,13). The first-order valence-electron chi connectivity index (χ1n) is 3.71. The minimum Gasteiger partial charge on any atom is -0.397 e. The van der Waals surface area contributed by atoms with E-state index < -0.39 is 6.43 Å². The fourth-order valence-electron chi connectivity index (χ4n) is 1.25. The molecule has 0 aliphatic rings. The van der Waals surface area contributed by atoms with Crippen molar-refractivity contribution >= 4 is 16.6 Å². The van der Waals surface area contributed by atoms with Crippen molar-refractivity contribution in [2.24, 2.45) is 0 Å². The van der Waals surface area contributed by atoms with Gasteiger partial charge in [0.2, 0.25) is 0 Å². The lowest BCUT2D eigenvalue weighted by atomic mass is 10.2. The predicted octanol–water partition coefficient (Wildman–Crippen LogP) is 2.08. The van der Waals surface area contributed by atoms with E-state index in [0.717, 1.165) is 0 Å². The second kappa shape index (κ2) is 2.69. The third-order valence-electron chi connectivity index (χ3n) is 1.86. The smallest absolute Gasteiger partial charge is 0.280 e. The summed E-state index contributed by atoms with van der Waals surface area (Å²) in [4.78, 5) is 0. The molecule has 0 saturated heterocycles. The lowest BCUT2D eigenvalue weighted by Gasteiger charge is -1.95. The Labute approximate surface area is 72.5 Å². The van der Waals surface area contributed by atoms with Crippen molar-refractivity contribution in [2.45, 2.75) is 6.43 Å². The lowest BCUT2D eigenvalue weighted by Crippen LogP contribution is -1.86. The first-order chi connectivity index (χ1) is 6.20. The summed E-state index contributed by atoms with van der Waals surface area (Å²) < 4.78 is 24.7. The van der Waals surface area contributed by atoms with Gasteiger partial charge in [-0.05, 0) is 6.07 Å². The molecule has 0 radical (unpaired) electrons. The van der Waals surface area contributed by atoms with Gasteiger partial charge in [0.05, 0.1) is 5.69 Å². The predicted molar refractivity (Wildman–Crippen MR) is 45.5 cm³/mol. The lowest BCUT2D eigenvalue weighted by molar-refractivity contribution is 0.147. The number of para-hydroxylation sites is 1. The van der Waals surface area contributed by atoms with Gasteiger partial charge in [-0.2, -0.15) is 5.10 Å². The maximum Gasteiger partial charge on any atom is 0.280 e. The summed E-state index contributed by atoms with van der Waals surface area (Å²) in [7, 11) is 0. The maximum atomic E-state index is 12.3. The van der Waals surface area contributed by atoms with Gasteiger partial charge in [0, 0.05) is 5.39 Å². The van der Waals surface area contributed by atoms with Gasteiger partial charge in [-0.15, -0.1) is 0 Å². The first-order valence-corrected chi connectivity index (χ1v) is 3.71. The monoisotopic (exact) mass is 183 g/mol. The number of benzene rings is 1. The minimum atomic E-state index is -2.55. The number of fused-ring (bicyclic) bond motifs is 1. The van der Waals surface area contributed by atoms with Crippen LogP contribution in [0, 0.1) is 0 Å². The van der Waals surface area contributed by atoms with Crippen LogP contribution in [0.4, 0.5) is 14.5 Å². The van der Waals surface area contributed by atoms with Crippen LogP contribution >= 0.6 is 0 Å². The van der Waals surface area contributed by atoms with Gasteiger partial charge >= 0.3 is 0 Å². The Balaban J connectivity index is 2.75. The largest absolute Gasteiger partial charge is 0.397 e. The molecule has 0 fully saturated rings. The second-order valence-corrected chi connectivity index (χ2v) is 2.68. The summed E-state index contributed by atoms with van der Waals surface area (Å²) in [5, 5.41) is 6.37. The van der Waals surface area contributed by atoms with Crippen LogP contribution in [0.25, 0.3) is 10.9 Å². The fraction of sp³-hybridized carbons (Fsp3) is 0.125. The van der Waals surface area contributed by atoms with Crippen LogP contribution in [0.1, 0.15) is 12.1 Å². The number of aromatic nitrogens is 2. The van der Waals surface area contributed by atoms with E-state index in [1.807, 2.05) is 0 Å². The Hall–Kier alpha value is -1.65. The molecule has 0 aliphatic heterocycles. The van der Waals surface area contributed by atoms with E-state index in [0.29, 0.717) is 16.6 Å². The van der Waals surface area contributed by atoms with E-state index in [4.69, 9.17) is 5.73 Å². The molecule has 3 N–H and O–H groups in total. The molecule has 0 atom stereocenters. The Kier molecular flexibility index (Phi) is 1.65. The molecule has 0 bridgehead atoms. The zero-order valence-corrected chi connectivity index (χ0v) is 6.59. The quantitative estimate of drug-likeness (QED) is 0.665. The molecule has 3 nitrogen and oxygen atoms in total. The number of nitrogen functional groups attached to an aromatic ring is 1. The highest BCUT2D eigenvalue weighted by molar-refractivity contribution is 5.91. The van der Waals surface area contributed by atoms with E-state index in [9.17, 15) is 8.78 Å². The summed E-state index contributed by atoms with van der Waals surface area (Å²) in [6.07, 6.45) is -2.55. The number of nitrogens with two attached hydrogens (primary N) is 1. The van der Waals surface area contributed by atoms with Gasteiger partial charge in [-0.3, -0.25) is 5.10 Å². The van der Waals surface area contributed by atoms with Crippen LogP contribution in [0.3, 0.4) is 0 Å². The number of alkyl halides is 2. The van der Waals surface area contributed by atoms with Crippen molar-refractivity contribution in [3.05, 3.63) is 23.9 Å². The van der Waals surface area contributed by atoms with Crippen molar-refractivity contribution in [1.82, 2.24) is 10.2 Å². The molecule has 2 rings (SSSR count). The normalized spacial score (nSPS) is 11.3. The Morgan fingerprint density at radius 3 is 2.85 bits per heavy atom. The van der Waals surface area contributed by atoms with E-state index in [-0.39, 0.29) is 5.69 Å². The number of nitrogens with one attached hydrogen (secondary N) is 1. The summed E-state index contributed by atoms with van der Waals surface area (Å²) in [6, 6.07) is 4.81. The highest BCUT2D eigenvalue weighted by Gasteiger charge is 2.15. The molecular weight excluding hydrogens is 176 g/mol. The zero-order chi connectivity index (χ0) is 9.42. The van der Waals surface area contributed by atoms with E-state index >= 15 is 0 Å². The summed E-state index contributed by atoms with van der Waals surface area (Å²) in [6.45, 7) is 0. The zero-order valence-electron chi connectivity index (χ0n) is 6.59. The number of aromatic amines is 1. The topological polar surface area (TPSA) is 54.7 Å². The summed E-state index contributed by atoms with van der Waals surface area (Å²) >= 11 is 0. The van der Waals surface area contributed by atoms with Crippen LogP contribution in [-0.4, -0.2) is 10.2 Å². The molecule has 0 amide bonds. The van der Waals surface area contributed by atoms with E-state index in [2.05, 4.69) is 10.2 Å². The van der Waals surface area contributed by atoms with Crippen molar-refractivity contribution in [2.75, 3.05) is 5.73 Å². The third kappa shape index (κ3) is 1.12. The van der Waals surface area contributed by atoms with Crippen LogP contribution < -0.4 is 5.73 Å². The Bertz CT molecular complexity index is 436. The van der Waals surface area contributed by atoms with Crippen molar-refractivity contribution in [3.63, 3.8) is 0 Å².